The predicted octanol–water partition coefficient (Wildman–Crippen LogP) is 4.24. The Hall–Kier alpha value is -3.70. The molecule has 0 spiro atoms. The fourth-order valence-corrected chi connectivity index (χ4v) is 4.20. The molecule has 0 radical (unpaired) electrons. The molecule has 4 heterocycles. The first-order valence-corrected chi connectivity index (χ1v) is 11.9. The van der Waals surface area contributed by atoms with Crippen LogP contribution in [0.2, 0.25) is 0 Å². The Balaban J connectivity index is 1.76. The van der Waals surface area contributed by atoms with E-state index in [0.29, 0.717) is 23.0 Å². The number of ether oxygens (including phenoxy) is 1. The summed E-state index contributed by atoms with van der Waals surface area (Å²) < 4.78 is 35.5. The summed E-state index contributed by atoms with van der Waals surface area (Å²) in [5.41, 5.74) is -0.520. The molecule has 0 aromatic carbocycles. The molecule has 4 rings (SSSR count). The molecule has 0 unspecified atom stereocenters. The number of hydrogen-bond acceptors (Lipinski definition) is 6. The molecule has 0 bridgehead atoms. The monoisotopic (exact) mass is 572 g/mol. The lowest BCUT2D eigenvalue weighted by atomic mass is 10.0. The van der Waals surface area contributed by atoms with E-state index in [1.807, 2.05) is 0 Å². The van der Waals surface area contributed by atoms with Crippen LogP contribution in [0.3, 0.4) is 0 Å². The Kier molecular flexibility index (Phi) is 7.11. The fraction of sp³-hybridized carbons (Fsp3) is 0.231. The van der Waals surface area contributed by atoms with Gasteiger partial charge < -0.3 is 9.84 Å². The Bertz CT molecular complexity index is 1630. The molecule has 192 valence electrons. The van der Waals surface area contributed by atoms with Crippen molar-refractivity contribution >= 4 is 15.9 Å². The number of hydrogen-bond donors (Lipinski definition) is 1. The van der Waals surface area contributed by atoms with Crippen molar-refractivity contribution in [3.05, 3.63) is 108 Å². The second-order valence-corrected chi connectivity index (χ2v) is 9.75. The summed E-state index contributed by atoms with van der Waals surface area (Å²) in [4.78, 5) is 34.4. The lowest BCUT2D eigenvalue weighted by Crippen LogP contribution is -2.31. The van der Waals surface area contributed by atoms with Gasteiger partial charge in [-0.1, -0.05) is 0 Å². The normalized spacial score (nSPS) is 11.6. The van der Waals surface area contributed by atoms with Crippen LogP contribution in [0.1, 0.15) is 36.4 Å². The Morgan fingerprint density at radius 3 is 2.49 bits per heavy atom. The minimum atomic E-state index is -1.35. The van der Waals surface area contributed by atoms with Crippen LogP contribution in [-0.4, -0.2) is 24.2 Å². The van der Waals surface area contributed by atoms with Gasteiger partial charge in [0.05, 0.1) is 17.5 Å². The summed E-state index contributed by atoms with van der Waals surface area (Å²) in [5.74, 6) is -1.24. The smallest absolute Gasteiger partial charge is 0.273 e. The number of rotatable bonds is 6. The van der Waals surface area contributed by atoms with Gasteiger partial charge in [0, 0.05) is 41.9 Å². The van der Waals surface area contributed by atoms with Gasteiger partial charge in [-0.05, 0) is 61.3 Å². The van der Waals surface area contributed by atoms with Crippen LogP contribution in [0.5, 0.6) is 5.75 Å². The highest BCUT2D eigenvalue weighted by Gasteiger charge is 2.22. The SMILES string of the molecule is Cc1cnc(-n2cccc(C(C)(C)O)c2=O)cc1-n1c(C)cc(OCc2ncc(F)cc2F)c(Br)c1=O. The minimum absolute atomic E-state index is 0.0829. The highest BCUT2D eigenvalue weighted by atomic mass is 79.9. The molecule has 0 aliphatic heterocycles. The highest BCUT2D eigenvalue weighted by molar-refractivity contribution is 9.10. The van der Waals surface area contributed by atoms with E-state index in [4.69, 9.17) is 4.74 Å². The molecule has 1 N–H and O–H groups in total. The molecule has 37 heavy (non-hydrogen) atoms. The maximum atomic E-state index is 13.9. The van der Waals surface area contributed by atoms with Gasteiger partial charge in [-0.3, -0.25) is 23.7 Å². The third-order valence-corrected chi connectivity index (χ3v) is 6.43. The Morgan fingerprint density at radius 2 is 1.81 bits per heavy atom. The minimum Gasteiger partial charge on any atom is -0.486 e. The van der Waals surface area contributed by atoms with Gasteiger partial charge in [0.1, 0.15) is 34.2 Å². The summed E-state index contributed by atoms with van der Waals surface area (Å²) in [6.07, 6.45) is 3.96. The molecule has 4 aromatic rings. The van der Waals surface area contributed by atoms with Gasteiger partial charge in [-0.25, -0.2) is 13.8 Å². The molecule has 0 atom stereocenters. The van der Waals surface area contributed by atoms with E-state index in [0.717, 1.165) is 6.20 Å². The molecule has 8 nitrogen and oxygen atoms in total. The van der Waals surface area contributed by atoms with Gasteiger partial charge in [0.2, 0.25) is 0 Å². The van der Waals surface area contributed by atoms with Crippen molar-refractivity contribution in [2.45, 2.75) is 39.9 Å². The molecule has 0 saturated heterocycles. The summed E-state index contributed by atoms with van der Waals surface area (Å²) in [6.45, 7) is 6.19. The second-order valence-electron chi connectivity index (χ2n) is 8.96. The zero-order chi connectivity index (χ0) is 27.1. The van der Waals surface area contributed by atoms with E-state index in [2.05, 4.69) is 25.9 Å². The van der Waals surface area contributed by atoms with Crippen molar-refractivity contribution in [1.82, 2.24) is 19.1 Å². The number of aryl methyl sites for hydroxylation is 2. The zero-order valence-electron chi connectivity index (χ0n) is 20.4. The van der Waals surface area contributed by atoms with Gasteiger partial charge in [0.15, 0.2) is 5.82 Å². The van der Waals surface area contributed by atoms with Crippen molar-refractivity contribution in [3.8, 4) is 17.3 Å². The number of aliphatic hydroxyl groups is 1. The summed E-state index contributed by atoms with van der Waals surface area (Å²) >= 11 is 3.27. The van der Waals surface area contributed by atoms with Crippen LogP contribution in [0.4, 0.5) is 8.78 Å². The summed E-state index contributed by atoms with van der Waals surface area (Å²) in [7, 11) is 0. The fourth-order valence-electron chi connectivity index (χ4n) is 3.80. The van der Waals surface area contributed by atoms with Crippen molar-refractivity contribution in [2.24, 2.45) is 0 Å². The number of aromatic nitrogens is 4. The summed E-state index contributed by atoms with van der Waals surface area (Å²) in [5, 5.41) is 10.4. The molecular formula is C26H23BrF2N4O4. The van der Waals surface area contributed by atoms with E-state index in [1.54, 1.807) is 44.3 Å². The average Bonchev–Trinajstić information content (AvgIpc) is 2.82. The maximum Gasteiger partial charge on any atom is 0.273 e. The first kappa shape index (κ1) is 26.4. The van der Waals surface area contributed by atoms with E-state index in [9.17, 15) is 23.5 Å². The van der Waals surface area contributed by atoms with Crippen LogP contribution in [0.25, 0.3) is 11.5 Å². The average molecular weight is 573 g/mol. The van der Waals surface area contributed by atoms with Crippen LogP contribution in [0.15, 0.2) is 63.0 Å². The molecule has 11 heteroatoms. The van der Waals surface area contributed by atoms with E-state index in [1.165, 1.54) is 29.2 Å². The summed E-state index contributed by atoms with van der Waals surface area (Å²) in [6, 6.07) is 7.08. The second kappa shape index (κ2) is 9.98. The van der Waals surface area contributed by atoms with Crippen molar-refractivity contribution in [1.29, 1.82) is 0 Å². The third kappa shape index (κ3) is 5.23. The zero-order valence-corrected chi connectivity index (χ0v) is 22.0. The molecule has 4 aromatic heterocycles. The van der Waals surface area contributed by atoms with Gasteiger partial charge in [-0.15, -0.1) is 0 Å². The van der Waals surface area contributed by atoms with E-state index < -0.39 is 28.4 Å². The Morgan fingerprint density at radius 1 is 1.08 bits per heavy atom. The number of pyridine rings is 4. The highest BCUT2D eigenvalue weighted by Crippen LogP contribution is 2.26. The van der Waals surface area contributed by atoms with E-state index >= 15 is 0 Å². The van der Waals surface area contributed by atoms with Gasteiger partial charge in [-0.2, -0.15) is 0 Å². The van der Waals surface area contributed by atoms with Gasteiger partial charge in [0.25, 0.3) is 11.1 Å². The number of halogens is 3. The maximum absolute atomic E-state index is 13.9. The quantitative estimate of drug-likeness (QED) is 0.371. The van der Waals surface area contributed by atoms with Crippen LogP contribution in [-0.2, 0) is 12.2 Å². The first-order chi connectivity index (χ1) is 17.4. The van der Waals surface area contributed by atoms with Crippen LogP contribution >= 0.6 is 15.9 Å². The molecule has 0 fully saturated rings. The van der Waals surface area contributed by atoms with Crippen molar-refractivity contribution < 1.29 is 18.6 Å². The standard InChI is InChI=1S/C26H23BrF2N4O4/c1-14-11-31-22(32-7-5-6-17(24(32)34)26(3,4)36)10-20(14)33-15(2)8-21(23(27)25(33)35)37-13-19-18(29)9-16(28)12-30-19/h5-12,36H,13H2,1-4H3. The Labute approximate surface area is 219 Å². The molecule has 0 saturated carbocycles. The largest absolute Gasteiger partial charge is 0.486 e. The topological polar surface area (TPSA) is 99.2 Å². The lowest BCUT2D eigenvalue weighted by molar-refractivity contribution is 0.0767. The van der Waals surface area contributed by atoms with Crippen molar-refractivity contribution in [3.63, 3.8) is 0 Å². The molecular weight excluding hydrogens is 550 g/mol. The lowest BCUT2D eigenvalue weighted by Gasteiger charge is -2.19. The van der Waals surface area contributed by atoms with Gasteiger partial charge >= 0.3 is 0 Å². The van der Waals surface area contributed by atoms with Crippen LogP contribution < -0.4 is 15.9 Å². The van der Waals surface area contributed by atoms with Crippen molar-refractivity contribution in [2.75, 3.05) is 0 Å². The first-order valence-electron chi connectivity index (χ1n) is 11.1. The van der Waals surface area contributed by atoms with Crippen LogP contribution in [0, 0.1) is 25.5 Å². The number of nitrogens with zero attached hydrogens (tertiary/aromatic N) is 4. The third-order valence-electron chi connectivity index (χ3n) is 5.70. The van der Waals surface area contributed by atoms with E-state index in [-0.39, 0.29) is 33.9 Å². The molecule has 0 amide bonds. The molecule has 0 aliphatic carbocycles. The predicted molar refractivity (Wildman–Crippen MR) is 136 cm³/mol. The molecule has 0 aliphatic rings.